The monoisotopic (exact) mass is 441 g/mol. The highest BCUT2D eigenvalue weighted by atomic mass is 16.2. The number of carbonyl (C=O) groups excluding carboxylic acids is 2. The van der Waals surface area contributed by atoms with Gasteiger partial charge >= 0.3 is 0 Å². The molecule has 0 spiro atoms. The average molecular weight is 442 g/mol. The Bertz CT molecular complexity index is 1140. The lowest BCUT2D eigenvalue weighted by atomic mass is 10.1. The van der Waals surface area contributed by atoms with Crippen LogP contribution in [0.4, 0.5) is 5.69 Å². The highest BCUT2D eigenvalue weighted by Gasteiger charge is 2.29. The van der Waals surface area contributed by atoms with Gasteiger partial charge in [0.1, 0.15) is 0 Å². The molecule has 5 nitrogen and oxygen atoms in total. The first-order chi connectivity index (χ1) is 15.9. The van der Waals surface area contributed by atoms with Crippen molar-refractivity contribution in [3.05, 3.63) is 101 Å². The molecule has 0 aromatic heterocycles. The van der Waals surface area contributed by atoms with E-state index in [-0.39, 0.29) is 24.4 Å². The van der Waals surface area contributed by atoms with Gasteiger partial charge in [-0.2, -0.15) is 0 Å². The molecule has 3 aromatic carbocycles. The van der Waals surface area contributed by atoms with Crippen LogP contribution >= 0.6 is 0 Å². The molecular weight excluding hydrogens is 410 g/mol. The fourth-order valence-corrected chi connectivity index (χ4v) is 4.49. The standard InChI is InChI=1S/C28H31N3O2/c1-20-11-13-21(14-12-20)18-31(26-16-15-22-7-4-5-10-25(22)26)19-27(32)29-24-9-6-8-23(17-24)28(33)30(2)3/h4-14,17,26H,15-16,18-19H2,1-3H3,(H,29,32)/t26-/m0/s1. The number of aryl methyl sites for hydroxylation is 2. The molecule has 4 rings (SSSR count). The minimum Gasteiger partial charge on any atom is -0.345 e. The second kappa shape index (κ2) is 10.0. The van der Waals surface area contributed by atoms with Gasteiger partial charge in [0, 0.05) is 37.9 Å². The Labute approximate surface area is 196 Å². The predicted octanol–water partition coefficient (Wildman–Crippen LogP) is 4.83. The van der Waals surface area contributed by atoms with E-state index in [1.165, 1.54) is 27.2 Å². The maximum atomic E-state index is 13.1. The van der Waals surface area contributed by atoms with E-state index in [0.29, 0.717) is 17.8 Å². The molecule has 5 heteroatoms. The summed E-state index contributed by atoms with van der Waals surface area (Å²) in [7, 11) is 3.44. The summed E-state index contributed by atoms with van der Waals surface area (Å²) >= 11 is 0. The third kappa shape index (κ3) is 5.49. The molecule has 1 aliphatic carbocycles. The summed E-state index contributed by atoms with van der Waals surface area (Å²) in [5.41, 5.74) is 6.29. The van der Waals surface area contributed by atoms with Crippen LogP contribution in [0.3, 0.4) is 0 Å². The number of amides is 2. The van der Waals surface area contributed by atoms with E-state index >= 15 is 0 Å². The van der Waals surface area contributed by atoms with Gasteiger partial charge in [-0.25, -0.2) is 0 Å². The van der Waals surface area contributed by atoms with Crippen molar-refractivity contribution in [2.75, 3.05) is 26.0 Å². The van der Waals surface area contributed by atoms with Gasteiger partial charge in [-0.3, -0.25) is 14.5 Å². The van der Waals surface area contributed by atoms with Crippen molar-refractivity contribution >= 4 is 17.5 Å². The van der Waals surface area contributed by atoms with Crippen LogP contribution in [-0.2, 0) is 17.8 Å². The van der Waals surface area contributed by atoms with Gasteiger partial charge in [-0.1, -0.05) is 60.2 Å². The quantitative estimate of drug-likeness (QED) is 0.572. The van der Waals surface area contributed by atoms with Crippen LogP contribution in [0.15, 0.2) is 72.8 Å². The van der Waals surface area contributed by atoms with Crippen molar-refractivity contribution in [2.45, 2.75) is 32.4 Å². The van der Waals surface area contributed by atoms with Gasteiger partial charge < -0.3 is 10.2 Å². The van der Waals surface area contributed by atoms with E-state index in [0.717, 1.165) is 12.8 Å². The largest absolute Gasteiger partial charge is 0.345 e. The molecule has 0 radical (unpaired) electrons. The van der Waals surface area contributed by atoms with Crippen LogP contribution in [0.1, 0.15) is 45.1 Å². The summed E-state index contributed by atoms with van der Waals surface area (Å²) in [5, 5.41) is 3.00. The lowest BCUT2D eigenvalue weighted by Gasteiger charge is -2.29. The minimum atomic E-state index is -0.0883. The normalized spacial score (nSPS) is 14.7. The molecule has 1 N–H and O–H groups in total. The van der Waals surface area contributed by atoms with Gasteiger partial charge in [-0.15, -0.1) is 0 Å². The third-order valence-corrected chi connectivity index (χ3v) is 6.19. The number of rotatable bonds is 7. The molecule has 0 aliphatic heterocycles. The Balaban J connectivity index is 1.53. The van der Waals surface area contributed by atoms with Crippen molar-refractivity contribution in [2.24, 2.45) is 0 Å². The third-order valence-electron chi connectivity index (χ3n) is 6.19. The van der Waals surface area contributed by atoms with Gasteiger partial charge in [0.2, 0.25) is 5.91 Å². The highest BCUT2D eigenvalue weighted by molar-refractivity contribution is 5.97. The molecule has 0 saturated heterocycles. The molecule has 2 amide bonds. The number of nitrogens with zero attached hydrogens (tertiary/aromatic N) is 2. The van der Waals surface area contributed by atoms with E-state index in [1.54, 1.807) is 32.3 Å². The summed E-state index contributed by atoms with van der Waals surface area (Å²) in [4.78, 5) is 29.2. The molecule has 0 heterocycles. The fraction of sp³-hybridized carbons (Fsp3) is 0.286. The topological polar surface area (TPSA) is 52.7 Å². The number of hydrogen-bond donors (Lipinski definition) is 1. The van der Waals surface area contributed by atoms with Crippen LogP contribution in [-0.4, -0.2) is 42.3 Å². The molecular formula is C28H31N3O2. The van der Waals surface area contributed by atoms with Crippen molar-refractivity contribution in [3.8, 4) is 0 Å². The predicted molar refractivity (Wildman–Crippen MR) is 132 cm³/mol. The number of nitrogens with one attached hydrogen (secondary N) is 1. The van der Waals surface area contributed by atoms with Gasteiger partial charge in [0.05, 0.1) is 6.54 Å². The van der Waals surface area contributed by atoms with Crippen LogP contribution in [0.25, 0.3) is 0 Å². The SMILES string of the molecule is Cc1ccc(CN(CC(=O)Nc2cccc(C(=O)N(C)C)c2)[C@H]2CCc3ccccc32)cc1. The van der Waals surface area contributed by atoms with Crippen molar-refractivity contribution in [1.82, 2.24) is 9.80 Å². The van der Waals surface area contributed by atoms with Crippen LogP contribution in [0.5, 0.6) is 0 Å². The number of hydrogen-bond acceptors (Lipinski definition) is 3. The molecule has 0 saturated carbocycles. The smallest absolute Gasteiger partial charge is 0.253 e. The molecule has 0 unspecified atom stereocenters. The fourth-order valence-electron chi connectivity index (χ4n) is 4.49. The summed E-state index contributed by atoms with van der Waals surface area (Å²) in [5.74, 6) is -0.171. The molecule has 0 bridgehead atoms. The van der Waals surface area contributed by atoms with Gasteiger partial charge in [-0.05, 0) is 54.7 Å². The minimum absolute atomic E-state index is 0.0825. The Hall–Kier alpha value is -3.44. The number of fused-ring (bicyclic) bond motifs is 1. The summed E-state index contributed by atoms with van der Waals surface area (Å²) < 4.78 is 0. The summed E-state index contributed by atoms with van der Waals surface area (Å²) in [6, 6.07) is 24.3. The second-order valence-corrected chi connectivity index (χ2v) is 8.97. The molecule has 1 atom stereocenters. The van der Waals surface area contributed by atoms with Crippen molar-refractivity contribution < 1.29 is 9.59 Å². The van der Waals surface area contributed by atoms with E-state index in [9.17, 15) is 9.59 Å². The second-order valence-electron chi connectivity index (χ2n) is 8.97. The number of benzene rings is 3. The lowest BCUT2D eigenvalue weighted by molar-refractivity contribution is -0.118. The maximum Gasteiger partial charge on any atom is 0.253 e. The van der Waals surface area contributed by atoms with Crippen LogP contribution in [0.2, 0.25) is 0 Å². The average Bonchev–Trinajstić information content (AvgIpc) is 3.24. The molecule has 3 aromatic rings. The zero-order valence-corrected chi connectivity index (χ0v) is 19.5. The van der Waals surface area contributed by atoms with Gasteiger partial charge in [0.15, 0.2) is 0 Å². The van der Waals surface area contributed by atoms with Crippen molar-refractivity contribution in [3.63, 3.8) is 0 Å². The Morgan fingerprint density at radius 1 is 0.970 bits per heavy atom. The van der Waals surface area contributed by atoms with Crippen molar-refractivity contribution in [1.29, 1.82) is 0 Å². The van der Waals surface area contributed by atoms with E-state index < -0.39 is 0 Å². The van der Waals surface area contributed by atoms with E-state index in [4.69, 9.17) is 0 Å². The Morgan fingerprint density at radius 3 is 2.48 bits per heavy atom. The summed E-state index contributed by atoms with van der Waals surface area (Å²) in [6.07, 6.45) is 2.03. The molecule has 1 aliphatic rings. The first-order valence-electron chi connectivity index (χ1n) is 11.4. The van der Waals surface area contributed by atoms with E-state index in [2.05, 4.69) is 65.7 Å². The Morgan fingerprint density at radius 2 is 1.73 bits per heavy atom. The van der Waals surface area contributed by atoms with Gasteiger partial charge in [0.25, 0.3) is 5.91 Å². The first kappa shape index (κ1) is 22.7. The molecule has 0 fully saturated rings. The summed E-state index contributed by atoms with van der Waals surface area (Å²) in [6.45, 7) is 3.06. The van der Waals surface area contributed by atoms with Crippen LogP contribution < -0.4 is 5.32 Å². The highest BCUT2D eigenvalue weighted by Crippen LogP contribution is 2.36. The molecule has 170 valence electrons. The van der Waals surface area contributed by atoms with E-state index in [1.807, 2.05) is 6.07 Å². The molecule has 33 heavy (non-hydrogen) atoms. The van der Waals surface area contributed by atoms with Crippen LogP contribution in [0, 0.1) is 6.92 Å². The maximum absolute atomic E-state index is 13.1. The first-order valence-corrected chi connectivity index (χ1v) is 11.4. The lowest BCUT2D eigenvalue weighted by Crippen LogP contribution is -2.35. The number of carbonyl (C=O) groups is 2. The zero-order valence-electron chi connectivity index (χ0n) is 19.5. The zero-order chi connectivity index (χ0) is 23.4. The number of anilines is 1. The Kier molecular flexibility index (Phi) is 6.90.